The lowest BCUT2D eigenvalue weighted by Gasteiger charge is -2.39. The van der Waals surface area contributed by atoms with Crippen molar-refractivity contribution in [2.45, 2.75) is 18.5 Å². The van der Waals surface area contributed by atoms with Gasteiger partial charge in [-0.1, -0.05) is 91.0 Å². The van der Waals surface area contributed by atoms with Crippen LogP contribution in [-0.4, -0.2) is 24.3 Å². The minimum absolute atomic E-state index is 0.0471. The van der Waals surface area contributed by atoms with Crippen LogP contribution >= 0.6 is 11.3 Å². The summed E-state index contributed by atoms with van der Waals surface area (Å²) in [5.74, 6) is -0.618. The second-order valence-electron chi connectivity index (χ2n) is 7.59. The van der Waals surface area contributed by atoms with Crippen molar-refractivity contribution in [3.05, 3.63) is 123 Å². The van der Waals surface area contributed by atoms with E-state index in [1.165, 1.54) is 18.4 Å². The summed E-state index contributed by atoms with van der Waals surface area (Å²) < 4.78 is 4.81. The third-order valence-corrected chi connectivity index (χ3v) is 6.74. The largest absolute Gasteiger partial charge is 0.464 e. The van der Waals surface area contributed by atoms with E-state index in [0.29, 0.717) is 11.3 Å². The summed E-state index contributed by atoms with van der Waals surface area (Å²) in [5, 5.41) is 4.43. The second-order valence-corrected chi connectivity index (χ2v) is 8.65. The Kier molecular flexibility index (Phi) is 6.77. The number of esters is 1. The highest BCUT2D eigenvalue weighted by atomic mass is 32.1. The maximum Gasteiger partial charge on any atom is 0.358 e. The van der Waals surface area contributed by atoms with E-state index >= 15 is 0 Å². The Hall–Kier alpha value is -3.61. The first-order chi connectivity index (χ1) is 16.1. The molecule has 0 spiro atoms. The minimum atomic E-state index is -0.693. The van der Waals surface area contributed by atoms with Gasteiger partial charge in [0.2, 0.25) is 0 Å². The van der Waals surface area contributed by atoms with Crippen molar-refractivity contribution in [1.29, 1.82) is 0 Å². The topological polar surface area (TPSA) is 68.3 Å². The number of benzene rings is 3. The number of methoxy groups -OCH3 is 1. The van der Waals surface area contributed by atoms with Crippen molar-refractivity contribution < 1.29 is 14.3 Å². The van der Waals surface area contributed by atoms with E-state index in [4.69, 9.17) is 4.74 Å². The van der Waals surface area contributed by atoms with E-state index in [1.54, 1.807) is 0 Å². The Morgan fingerprint density at radius 2 is 1.36 bits per heavy atom. The van der Waals surface area contributed by atoms with E-state index in [1.807, 2.05) is 61.5 Å². The van der Waals surface area contributed by atoms with E-state index in [9.17, 15) is 9.59 Å². The van der Waals surface area contributed by atoms with Crippen LogP contribution in [0.2, 0.25) is 0 Å². The number of thiazole rings is 1. The van der Waals surface area contributed by atoms with Crippen molar-refractivity contribution in [3.63, 3.8) is 0 Å². The number of ether oxygens (including phenoxy) is 1. The average Bonchev–Trinajstić information content (AvgIpc) is 3.33. The zero-order chi connectivity index (χ0) is 23.3. The standard InChI is InChI=1S/C27H24N2O3S/c1-19(25-28-24(26(31)32-2)23(18-30)33-25)29-27(20-12-6-3-7-13-20,21-14-8-4-9-15-21)22-16-10-5-11-17-22/h3-19,29H,1-2H3. The summed E-state index contributed by atoms with van der Waals surface area (Å²) in [7, 11) is 1.28. The molecule has 0 radical (unpaired) electrons. The van der Waals surface area contributed by atoms with Gasteiger partial charge < -0.3 is 4.74 Å². The van der Waals surface area contributed by atoms with Gasteiger partial charge in [0.1, 0.15) is 9.88 Å². The monoisotopic (exact) mass is 456 g/mol. The van der Waals surface area contributed by atoms with Gasteiger partial charge in [-0.2, -0.15) is 0 Å². The van der Waals surface area contributed by atoms with Crippen LogP contribution in [0, 0.1) is 0 Å². The highest BCUT2D eigenvalue weighted by molar-refractivity contribution is 7.13. The molecule has 0 fully saturated rings. The van der Waals surface area contributed by atoms with Crippen molar-refractivity contribution in [2.75, 3.05) is 7.11 Å². The molecule has 3 aromatic carbocycles. The van der Waals surface area contributed by atoms with Crippen molar-refractivity contribution >= 4 is 23.6 Å². The van der Waals surface area contributed by atoms with E-state index in [2.05, 4.69) is 46.7 Å². The Morgan fingerprint density at radius 1 is 0.909 bits per heavy atom. The van der Waals surface area contributed by atoms with Crippen molar-refractivity contribution in [2.24, 2.45) is 0 Å². The highest BCUT2D eigenvalue weighted by Crippen LogP contribution is 2.39. The summed E-state index contributed by atoms with van der Waals surface area (Å²) in [4.78, 5) is 28.4. The quantitative estimate of drug-likeness (QED) is 0.219. The minimum Gasteiger partial charge on any atom is -0.464 e. The SMILES string of the molecule is COC(=O)c1nc(C(C)NC(c2ccccc2)(c2ccccc2)c2ccccc2)sc1C=O. The van der Waals surface area contributed by atoms with Crippen LogP contribution in [0.25, 0.3) is 0 Å². The lowest BCUT2D eigenvalue weighted by Crippen LogP contribution is -2.45. The molecule has 0 saturated heterocycles. The van der Waals surface area contributed by atoms with Crippen molar-refractivity contribution in [3.8, 4) is 0 Å². The number of nitrogens with one attached hydrogen (secondary N) is 1. The van der Waals surface area contributed by atoms with Crippen LogP contribution < -0.4 is 5.32 Å². The molecule has 4 aromatic rings. The smallest absolute Gasteiger partial charge is 0.358 e. The maximum atomic E-state index is 12.1. The van der Waals surface area contributed by atoms with Gasteiger partial charge in [0.05, 0.1) is 18.7 Å². The number of aromatic nitrogens is 1. The number of hydrogen-bond acceptors (Lipinski definition) is 6. The van der Waals surface area contributed by atoms with Crippen LogP contribution in [0.3, 0.4) is 0 Å². The molecule has 1 unspecified atom stereocenters. The molecule has 0 saturated carbocycles. The molecular weight excluding hydrogens is 432 g/mol. The molecule has 0 aliphatic rings. The molecule has 1 aromatic heterocycles. The average molecular weight is 457 g/mol. The van der Waals surface area contributed by atoms with Crippen LogP contribution in [0.15, 0.2) is 91.0 Å². The van der Waals surface area contributed by atoms with E-state index in [0.717, 1.165) is 16.7 Å². The number of hydrogen-bond donors (Lipinski definition) is 1. The van der Waals surface area contributed by atoms with Crippen LogP contribution in [0.4, 0.5) is 0 Å². The Bertz CT molecular complexity index is 1130. The molecule has 0 aliphatic carbocycles. The van der Waals surface area contributed by atoms with E-state index in [-0.39, 0.29) is 16.6 Å². The molecule has 33 heavy (non-hydrogen) atoms. The fraction of sp³-hybridized carbons (Fsp3) is 0.148. The molecule has 4 rings (SSSR count). The van der Waals surface area contributed by atoms with Crippen LogP contribution in [0.5, 0.6) is 0 Å². The fourth-order valence-corrected chi connectivity index (χ4v) is 4.93. The zero-order valence-corrected chi connectivity index (χ0v) is 19.2. The number of carbonyl (C=O) groups excluding carboxylic acids is 2. The summed E-state index contributed by atoms with van der Waals surface area (Å²) in [6, 6.07) is 30.4. The number of rotatable bonds is 8. The molecular formula is C27H24N2O3S. The predicted octanol–water partition coefficient (Wildman–Crippen LogP) is 5.38. The first kappa shape index (κ1) is 22.6. The number of aldehydes is 1. The molecule has 1 atom stereocenters. The molecule has 166 valence electrons. The second kappa shape index (κ2) is 9.90. The van der Waals surface area contributed by atoms with Gasteiger partial charge in [-0.05, 0) is 23.6 Å². The van der Waals surface area contributed by atoms with Gasteiger partial charge in [-0.25, -0.2) is 9.78 Å². The molecule has 0 amide bonds. The molecule has 1 N–H and O–H groups in total. The normalized spacial score (nSPS) is 12.2. The predicted molar refractivity (Wildman–Crippen MR) is 130 cm³/mol. The molecule has 1 heterocycles. The first-order valence-electron chi connectivity index (χ1n) is 10.6. The molecule has 5 nitrogen and oxygen atoms in total. The Morgan fingerprint density at radius 3 is 1.76 bits per heavy atom. The van der Waals surface area contributed by atoms with Gasteiger partial charge in [0.25, 0.3) is 0 Å². The van der Waals surface area contributed by atoms with Crippen LogP contribution in [-0.2, 0) is 10.3 Å². The van der Waals surface area contributed by atoms with Crippen LogP contribution in [0.1, 0.15) is 54.8 Å². The number of nitrogens with zero attached hydrogens (tertiary/aromatic N) is 1. The molecule has 0 bridgehead atoms. The lowest BCUT2D eigenvalue weighted by molar-refractivity contribution is 0.0592. The molecule has 0 aliphatic heterocycles. The van der Waals surface area contributed by atoms with Crippen molar-refractivity contribution in [1.82, 2.24) is 10.3 Å². The van der Waals surface area contributed by atoms with E-state index < -0.39 is 11.5 Å². The summed E-state index contributed by atoms with van der Waals surface area (Å²) in [6.45, 7) is 1.98. The highest BCUT2D eigenvalue weighted by Gasteiger charge is 2.38. The third-order valence-electron chi connectivity index (χ3n) is 5.58. The Balaban J connectivity index is 1.88. The summed E-state index contributed by atoms with van der Waals surface area (Å²) in [5.41, 5.74) is 2.55. The van der Waals surface area contributed by atoms with Gasteiger partial charge in [0.15, 0.2) is 12.0 Å². The first-order valence-corrected chi connectivity index (χ1v) is 11.4. The summed E-state index contributed by atoms with van der Waals surface area (Å²) >= 11 is 1.20. The third kappa shape index (κ3) is 4.35. The fourth-order valence-electron chi connectivity index (χ4n) is 4.06. The molecule has 6 heteroatoms. The Labute approximate surface area is 197 Å². The number of carbonyl (C=O) groups is 2. The summed E-state index contributed by atoms with van der Waals surface area (Å²) in [6.07, 6.45) is 0.652. The van der Waals surface area contributed by atoms with Gasteiger partial charge in [-0.3, -0.25) is 10.1 Å². The van der Waals surface area contributed by atoms with Gasteiger partial charge >= 0.3 is 5.97 Å². The zero-order valence-electron chi connectivity index (χ0n) is 18.4. The van der Waals surface area contributed by atoms with Gasteiger partial charge in [0, 0.05) is 0 Å². The lowest BCUT2D eigenvalue weighted by atomic mass is 9.76. The van der Waals surface area contributed by atoms with Gasteiger partial charge in [-0.15, -0.1) is 11.3 Å². The maximum absolute atomic E-state index is 12.1.